The smallest absolute Gasteiger partial charge is 0.147 e. The minimum Gasteiger partial charge on any atom is -0.389 e. The standard InChI is InChI=1S/C14H19BrFNO3/c15-12-4-1-5-13(16)14(12)17-7-10(18)8-19-9-11-3-2-6-20-11/h1,4-5,10-11,17-18H,2-3,6-9H2. The molecule has 0 aliphatic carbocycles. The highest BCUT2D eigenvalue weighted by atomic mass is 79.9. The average molecular weight is 348 g/mol. The van der Waals surface area contributed by atoms with Gasteiger partial charge in [-0.1, -0.05) is 6.07 Å². The van der Waals surface area contributed by atoms with E-state index in [4.69, 9.17) is 9.47 Å². The maximum atomic E-state index is 13.5. The van der Waals surface area contributed by atoms with Gasteiger partial charge >= 0.3 is 0 Å². The predicted molar refractivity (Wildman–Crippen MR) is 78.4 cm³/mol. The molecule has 1 aliphatic heterocycles. The van der Waals surface area contributed by atoms with Gasteiger partial charge in [-0.25, -0.2) is 4.39 Å². The molecule has 1 aromatic rings. The first-order valence-electron chi connectivity index (χ1n) is 6.72. The molecule has 4 nitrogen and oxygen atoms in total. The fourth-order valence-electron chi connectivity index (χ4n) is 2.06. The zero-order valence-corrected chi connectivity index (χ0v) is 12.7. The number of halogens is 2. The minimum atomic E-state index is -0.692. The van der Waals surface area contributed by atoms with Gasteiger partial charge in [-0.05, 0) is 40.9 Å². The molecule has 2 rings (SSSR count). The molecule has 20 heavy (non-hydrogen) atoms. The second kappa shape index (κ2) is 7.93. The van der Waals surface area contributed by atoms with Crippen LogP contribution in [0.1, 0.15) is 12.8 Å². The van der Waals surface area contributed by atoms with Gasteiger partial charge in [0.05, 0.1) is 31.1 Å². The lowest BCUT2D eigenvalue weighted by molar-refractivity contribution is -0.0137. The Bertz CT molecular complexity index is 407. The molecule has 0 amide bonds. The minimum absolute atomic E-state index is 0.149. The van der Waals surface area contributed by atoms with Crippen LogP contribution in [0.25, 0.3) is 0 Å². The van der Waals surface area contributed by atoms with Gasteiger partial charge in [0.1, 0.15) is 5.82 Å². The van der Waals surface area contributed by atoms with Crippen LogP contribution in [0.5, 0.6) is 0 Å². The Balaban J connectivity index is 1.68. The molecule has 1 saturated heterocycles. The van der Waals surface area contributed by atoms with E-state index < -0.39 is 6.10 Å². The van der Waals surface area contributed by atoms with E-state index in [9.17, 15) is 9.50 Å². The number of aliphatic hydroxyl groups excluding tert-OH is 1. The highest BCUT2D eigenvalue weighted by molar-refractivity contribution is 9.10. The number of ether oxygens (including phenoxy) is 2. The summed E-state index contributed by atoms with van der Waals surface area (Å²) in [4.78, 5) is 0. The van der Waals surface area contributed by atoms with E-state index in [2.05, 4.69) is 21.2 Å². The van der Waals surface area contributed by atoms with Crippen LogP contribution in [0, 0.1) is 5.82 Å². The Hall–Kier alpha value is -0.690. The molecule has 0 saturated carbocycles. The predicted octanol–water partition coefficient (Wildman–Crippen LogP) is 2.56. The van der Waals surface area contributed by atoms with Crippen molar-refractivity contribution in [3.05, 3.63) is 28.5 Å². The summed E-state index contributed by atoms with van der Waals surface area (Å²) in [6, 6.07) is 4.73. The van der Waals surface area contributed by atoms with Gasteiger partial charge in [0.2, 0.25) is 0 Å². The SMILES string of the molecule is OC(CNc1c(F)cccc1Br)COCC1CCCO1. The first-order valence-corrected chi connectivity index (χ1v) is 7.51. The number of nitrogens with one attached hydrogen (secondary N) is 1. The first kappa shape index (κ1) is 15.7. The largest absolute Gasteiger partial charge is 0.389 e. The molecule has 112 valence electrons. The normalized spacial score (nSPS) is 20.1. The highest BCUT2D eigenvalue weighted by Gasteiger charge is 2.16. The number of benzene rings is 1. The van der Waals surface area contributed by atoms with Gasteiger partial charge in [0, 0.05) is 17.6 Å². The molecule has 2 N–H and O–H groups in total. The molecule has 0 spiro atoms. The number of anilines is 1. The summed E-state index contributed by atoms with van der Waals surface area (Å²) in [5.41, 5.74) is 0.352. The van der Waals surface area contributed by atoms with Gasteiger partial charge in [-0.2, -0.15) is 0 Å². The van der Waals surface area contributed by atoms with Crippen LogP contribution in [0.15, 0.2) is 22.7 Å². The van der Waals surface area contributed by atoms with E-state index in [1.165, 1.54) is 6.07 Å². The third-order valence-electron chi connectivity index (χ3n) is 3.12. The van der Waals surface area contributed by atoms with Gasteiger partial charge in [0.25, 0.3) is 0 Å². The zero-order chi connectivity index (χ0) is 14.4. The Morgan fingerprint density at radius 2 is 2.40 bits per heavy atom. The summed E-state index contributed by atoms with van der Waals surface area (Å²) in [6.45, 7) is 1.73. The number of rotatable bonds is 7. The maximum Gasteiger partial charge on any atom is 0.147 e. The van der Waals surface area contributed by atoms with Gasteiger partial charge < -0.3 is 19.9 Å². The van der Waals surface area contributed by atoms with Crippen molar-refractivity contribution in [1.82, 2.24) is 0 Å². The molecular formula is C14H19BrFNO3. The third-order valence-corrected chi connectivity index (χ3v) is 3.78. The number of hydrogen-bond acceptors (Lipinski definition) is 4. The number of hydrogen-bond donors (Lipinski definition) is 2. The van der Waals surface area contributed by atoms with Crippen molar-refractivity contribution in [2.24, 2.45) is 0 Å². The van der Waals surface area contributed by atoms with Crippen molar-refractivity contribution in [1.29, 1.82) is 0 Å². The summed E-state index contributed by atoms with van der Waals surface area (Å²) >= 11 is 3.26. The van der Waals surface area contributed by atoms with Crippen molar-refractivity contribution in [2.45, 2.75) is 25.0 Å². The lowest BCUT2D eigenvalue weighted by Crippen LogP contribution is -2.27. The van der Waals surface area contributed by atoms with Crippen molar-refractivity contribution in [3.8, 4) is 0 Å². The zero-order valence-electron chi connectivity index (χ0n) is 11.1. The van der Waals surface area contributed by atoms with Gasteiger partial charge in [-0.3, -0.25) is 0 Å². The van der Waals surface area contributed by atoms with Crippen LogP contribution in [0.3, 0.4) is 0 Å². The van der Waals surface area contributed by atoms with Crippen LogP contribution in [-0.4, -0.2) is 43.7 Å². The molecule has 0 aromatic heterocycles. The first-order chi connectivity index (χ1) is 9.66. The summed E-state index contributed by atoms with van der Waals surface area (Å²) in [7, 11) is 0. The van der Waals surface area contributed by atoms with Crippen molar-refractivity contribution >= 4 is 21.6 Å². The Kier molecular flexibility index (Phi) is 6.22. The van der Waals surface area contributed by atoms with Crippen LogP contribution in [0.2, 0.25) is 0 Å². The van der Waals surface area contributed by atoms with Gasteiger partial charge in [-0.15, -0.1) is 0 Å². The quantitative estimate of drug-likeness (QED) is 0.795. The van der Waals surface area contributed by atoms with Crippen LogP contribution in [0.4, 0.5) is 10.1 Å². The number of para-hydroxylation sites is 1. The molecule has 1 heterocycles. The Labute approximate surface area is 126 Å². The van der Waals surface area contributed by atoms with E-state index in [1.807, 2.05) is 0 Å². The summed E-state index contributed by atoms with van der Waals surface area (Å²) < 4.78 is 25.0. The molecule has 1 aromatic carbocycles. The summed E-state index contributed by atoms with van der Waals surface area (Å²) in [5.74, 6) is -0.355. The molecule has 0 radical (unpaired) electrons. The second-order valence-electron chi connectivity index (χ2n) is 4.80. The monoisotopic (exact) mass is 347 g/mol. The maximum absolute atomic E-state index is 13.5. The lowest BCUT2D eigenvalue weighted by atomic mass is 10.2. The topological polar surface area (TPSA) is 50.7 Å². The Morgan fingerprint density at radius 1 is 1.55 bits per heavy atom. The second-order valence-corrected chi connectivity index (χ2v) is 5.66. The van der Waals surface area contributed by atoms with Crippen molar-refractivity contribution in [2.75, 3.05) is 31.7 Å². The third kappa shape index (κ3) is 4.70. The molecule has 1 fully saturated rings. The molecule has 0 bridgehead atoms. The van der Waals surface area contributed by atoms with E-state index in [0.717, 1.165) is 19.4 Å². The molecular weight excluding hydrogens is 329 g/mol. The fraction of sp³-hybridized carbons (Fsp3) is 0.571. The van der Waals surface area contributed by atoms with Crippen molar-refractivity contribution in [3.63, 3.8) is 0 Å². The van der Waals surface area contributed by atoms with Crippen molar-refractivity contribution < 1.29 is 19.0 Å². The molecule has 6 heteroatoms. The Morgan fingerprint density at radius 3 is 3.10 bits per heavy atom. The summed E-state index contributed by atoms with van der Waals surface area (Å²) in [6.07, 6.45) is 1.54. The van der Waals surface area contributed by atoms with E-state index >= 15 is 0 Å². The molecule has 2 atom stereocenters. The van der Waals surface area contributed by atoms with E-state index in [-0.39, 0.29) is 25.1 Å². The van der Waals surface area contributed by atoms with Crippen LogP contribution < -0.4 is 5.32 Å². The lowest BCUT2D eigenvalue weighted by Gasteiger charge is -2.16. The van der Waals surface area contributed by atoms with Crippen LogP contribution in [-0.2, 0) is 9.47 Å². The molecule has 2 unspecified atom stereocenters. The number of aliphatic hydroxyl groups is 1. The van der Waals surface area contributed by atoms with Crippen LogP contribution >= 0.6 is 15.9 Å². The highest BCUT2D eigenvalue weighted by Crippen LogP contribution is 2.24. The molecule has 1 aliphatic rings. The average Bonchev–Trinajstić information content (AvgIpc) is 2.91. The van der Waals surface area contributed by atoms with E-state index in [1.54, 1.807) is 12.1 Å². The van der Waals surface area contributed by atoms with Gasteiger partial charge in [0.15, 0.2) is 0 Å². The van der Waals surface area contributed by atoms with E-state index in [0.29, 0.717) is 16.8 Å². The fourth-order valence-corrected chi connectivity index (χ4v) is 2.54. The summed E-state index contributed by atoms with van der Waals surface area (Å²) in [5, 5.41) is 12.7.